The number of aryl methyl sites for hydroxylation is 1. The van der Waals surface area contributed by atoms with Crippen molar-refractivity contribution < 1.29 is 4.39 Å². The lowest BCUT2D eigenvalue weighted by atomic mass is 10.2. The fourth-order valence-corrected chi connectivity index (χ4v) is 1.75. The summed E-state index contributed by atoms with van der Waals surface area (Å²) < 4.78 is 12.5. The number of halogens is 2. The van der Waals surface area contributed by atoms with Gasteiger partial charge in [0.05, 0.1) is 5.21 Å². The minimum Gasteiger partial charge on any atom is -0.207 e. The van der Waals surface area contributed by atoms with Crippen molar-refractivity contribution >= 4 is 23.4 Å². The minimum absolute atomic E-state index is 0.193. The molecule has 0 unspecified atom stereocenters. The Morgan fingerprint density at radius 3 is 2.82 bits per heavy atom. The molecule has 1 aromatic rings. The first-order chi connectivity index (χ1) is 5.24. The predicted octanol–water partition coefficient (Wildman–Crippen LogP) is 3.42. The zero-order chi connectivity index (χ0) is 8.27. The van der Waals surface area contributed by atoms with E-state index in [1.165, 1.54) is 23.9 Å². The van der Waals surface area contributed by atoms with Gasteiger partial charge in [-0.25, -0.2) is 4.39 Å². The summed E-state index contributed by atoms with van der Waals surface area (Å²) in [6, 6.07) is 4.70. The average molecular weight is 191 g/mol. The van der Waals surface area contributed by atoms with Gasteiger partial charge in [0.1, 0.15) is 5.82 Å². The van der Waals surface area contributed by atoms with E-state index in [1.54, 1.807) is 6.07 Å². The van der Waals surface area contributed by atoms with E-state index in [1.807, 2.05) is 6.92 Å². The number of benzene rings is 1. The SMILES string of the molecule is Cc1cc(F)ccc1SCCl. The first-order valence-electron chi connectivity index (χ1n) is 3.19. The Morgan fingerprint density at radius 1 is 1.55 bits per heavy atom. The second-order valence-corrected chi connectivity index (χ2v) is 3.76. The molecule has 0 atom stereocenters. The van der Waals surface area contributed by atoms with Crippen LogP contribution in [-0.4, -0.2) is 5.21 Å². The van der Waals surface area contributed by atoms with E-state index in [0.717, 1.165) is 10.5 Å². The lowest BCUT2D eigenvalue weighted by molar-refractivity contribution is 0.625. The minimum atomic E-state index is -0.193. The number of rotatable bonds is 2. The number of alkyl halides is 1. The summed E-state index contributed by atoms with van der Waals surface area (Å²) in [5, 5.41) is 0.506. The van der Waals surface area contributed by atoms with Crippen LogP contribution < -0.4 is 0 Å². The molecule has 0 aromatic heterocycles. The zero-order valence-corrected chi connectivity index (χ0v) is 7.68. The van der Waals surface area contributed by atoms with Crippen molar-refractivity contribution in [1.29, 1.82) is 0 Å². The maximum atomic E-state index is 12.5. The van der Waals surface area contributed by atoms with E-state index in [9.17, 15) is 4.39 Å². The predicted molar refractivity (Wildman–Crippen MR) is 47.7 cm³/mol. The third kappa shape index (κ3) is 2.38. The number of hydrogen-bond acceptors (Lipinski definition) is 1. The third-order valence-electron chi connectivity index (χ3n) is 1.35. The molecular weight excluding hydrogens is 183 g/mol. The molecule has 0 saturated heterocycles. The van der Waals surface area contributed by atoms with Crippen LogP contribution in [0.25, 0.3) is 0 Å². The molecule has 11 heavy (non-hydrogen) atoms. The van der Waals surface area contributed by atoms with Gasteiger partial charge < -0.3 is 0 Å². The monoisotopic (exact) mass is 190 g/mol. The molecule has 60 valence electrons. The van der Waals surface area contributed by atoms with Crippen LogP contribution in [-0.2, 0) is 0 Å². The van der Waals surface area contributed by atoms with Crippen LogP contribution in [0.4, 0.5) is 4.39 Å². The van der Waals surface area contributed by atoms with Crippen molar-refractivity contribution in [2.24, 2.45) is 0 Å². The highest BCUT2D eigenvalue weighted by atomic mass is 35.5. The maximum Gasteiger partial charge on any atom is 0.123 e. The smallest absolute Gasteiger partial charge is 0.123 e. The molecular formula is C8H8ClFS. The molecule has 0 heterocycles. The highest BCUT2D eigenvalue weighted by Gasteiger charge is 1.98. The van der Waals surface area contributed by atoms with Crippen LogP contribution >= 0.6 is 23.4 Å². The lowest BCUT2D eigenvalue weighted by Gasteiger charge is -2.01. The maximum absolute atomic E-state index is 12.5. The zero-order valence-electron chi connectivity index (χ0n) is 6.10. The molecule has 0 bridgehead atoms. The quantitative estimate of drug-likeness (QED) is 0.509. The Balaban J connectivity index is 2.90. The van der Waals surface area contributed by atoms with Gasteiger partial charge in [-0.1, -0.05) is 0 Å². The van der Waals surface area contributed by atoms with Gasteiger partial charge in [-0.05, 0) is 30.7 Å². The highest BCUT2D eigenvalue weighted by molar-refractivity contribution is 8.00. The Labute approximate surface area is 74.8 Å². The van der Waals surface area contributed by atoms with Crippen LogP contribution in [0.2, 0.25) is 0 Å². The van der Waals surface area contributed by atoms with Crippen molar-refractivity contribution in [2.75, 3.05) is 5.21 Å². The van der Waals surface area contributed by atoms with Crippen molar-refractivity contribution in [3.63, 3.8) is 0 Å². The van der Waals surface area contributed by atoms with Crippen LogP contribution in [0.15, 0.2) is 23.1 Å². The molecule has 0 amide bonds. The van der Waals surface area contributed by atoms with E-state index in [2.05, 4.69) is 0 Å². The van der Waals surface area contributed by atoms with Gasteiger partial charge in [-0.3, -0.25) is 0 Å². The van der Waals surface area contributed by atoms with Gasteiger partial charge in [0.15, 0.2) is 0 Å². The van der Waals surface area contributed by atoms with E-state index >= 15 is 0 Å². The topological polar surface area (TPSA) is 0 Å². The summed E-state index contributed by atoms with van der Waals surface area (Å²) in [4.78, 5) is 1.04. The van der Waals surface area contributed by atoms with Gasteiger partial charge in [0, 0.05) is 4.90 Å². The molecule has 0 aliphatic heterocycles. The molecule has 1 rings (SSSR count). The molecule has 0 saturated carbocycles. The summed E-state index contributed by atoms with van der Waals surface area (Å²) in [6.07, 6.45) is 0. The summed E-state index contributed by atoms with van der Waals surface area (Å²) in [5.41, 5.74) is 0.940. The van der Waals surface area contributed by atoms with Crippen LogP contribution in [0.3, 0.4) is 0 Å². The summed E-state index contributed by atoms with van der Waals surface area (Å²) in [6.45, 7) is 1.87. The molecule has 0 radical (unpaired) electrons. The summed E-state index contributed by atoms with van der Waals surface area (Å²) >= 11 is 7.03. The van der Waals surface area contributed by atoms with Crippen LogP contribution in [0.5, 0.6) is 0 Å². The first-order valence-corrected chi connectivity index (χ1v) is 4.71. The standard InChI is InChI=1S/C8H8ClFS/c1-6-4-7(10)2-3-8(6)11-5-9/h2-4H,5H2,1H3. The van der Waals surface area contributed by atoms with E-state index in [0.29, 0.717) is 5.21 Å². The third-order valence-corrected chi connectivity index (χ3v) is 2.55. The van der Waals surface area contributed by atoms with Crippen LogP contribution in [0, 0.1) is 12.7 Å². The molecule has 0 spiro atoms. The van der Waals surface area contributed by atoms with Crippen molar-refractivity contribution in [3.8, 4) is 0 Å². The lowest BCUT2D eigenvalue weighted by Crippen LogP contribution is -1.81. The van der Waals surface area contributed by atoms with Gasteiger partial charge in [0.2, 0.25) is 0 Å². The largest absolute Gasteiger partial charge is 0.207 e. The van der Waals surface area contributed by atoms with Crippen molar-refractivity contribution in [3.05, 3.63) is 29.6 Å². The van der Waals surface area contributed by atoms with E-state index in [4.69, 9.17) is 11.6 Å². The van der Waals surface area contributed by atoms with Crippen LogP contribution in [0.1, 0.15) is 5.56 Å². The molecule has 0 nitrogen and oxygen atoms in total. The van der Waals surface area contributed by atoms with E-state index < -0.39 is 0 Å². The number of thioether (sulfide) groups is 1. The number of hydrogen-bond donors (Lipinski definition) is 0. The molecule has 0 fully saturated rings. The Morgan fingerprint density at radius 2 is 2.27 bits per heavy atom. The van der Waals surface area contributed by atoms with Gasteiger partial charge in [-0.15, -0.1) is 23.4 Å². The molecule has 0 N–H and O–H groups in total. The second-order valence-electron chi connectivity index (χ2n) is 2.16. The van der Waals surface area contributed by atoms with Gasteiger partial charge in [-0.2, -0.15) is 0 Å². The first kappa shape index (κ1) is 8.88. The Kier molecular flexibility index (Phi) is 3.21. The highest BCUT2D eigenvalue weighted by Crippen LogP contribution is 2.23. The fourth-order valence-electron chi connectivity index (χ4n) is 0.834. The normalized spacial score (nSPS) is 10.1. The molecule has 0 aliphatic rings. The summed E-state index contributed by atoms with van der Waals surface area (Å²) in [5.74, 6) is -0.193. The molecule has 1 aromatic carbocycles. The van der Waals surface area contributed by atoms with Crippen molar-refractivity contribution in [1.82, 2.24) is 0 Å². The van der Waals surface area contributed by atoms with E-state index in [-0.39, 0.29) is 5.82 Å². The molecule has 0 aliphatic carbocycles. The Bertz CT molecular complexity index is 250. The summed E-state index contributed by atoms with van der Waals surface area (Å²) in [7, 11) is 0. The second kappa shape index (κ2) is 3.98. The average Bonchev–Trinajstić information content (AvgIpc) is 1.95. The Hall–Kier alpha value is -0.210. The van der Waals surface area contributed by atoms with Gasteiger partial charge in [0.25, 0.3) is 0 Å². The van der Waals surface area contributed by atoms with Gasteiger partial charge >= 0.3 is 0 Å². The van der Waals surface area contributed by atoms with Crippen molar-refractivity contribution in [2.45, 2.75) is 11.8 Å². The fraction of sp³-hybridized carbons (Fsp3) is 0.250. The molecule has 3 heteroatoms.